The van der Waals surface area contributed by atoms with Gasteiger partial charge < -0.3 is 9.84 Å². The molecule has 4 heteroatoms. The van der Waals surface area contributed by atoms with Gasteiger partial charge in [0.05, 0.1) is 6.42 Å². The molecule has 1 heterocycles. The van der Waals surface area contributed by atoms with E-state index in [1.165, 1.54) is 5.56 Å². The Balaban J connectivity index is 1.53. The maximum atomic E-state index is 10.6. The van der Waals surface area contributed by atoms with Crippen LogP contribution in [0, 0.1) is 0 Å². The first-order valence-corrected chi connectivity index (χ1v) is 7.87. The molecule has 1 atom stereocenters. The molecule has 1 N–H and O–H groups in total. The molecule has 0 radical (unpaired) electrons. The third-order valence-corrected chi connectivity index (χ3v) is 4.57. The quantitative estimate of drug-likeness (QED) is 0.860. The second kappa shape index (κ2) is 6.22. The van der Waals surface area contributed by atoms with Gasteiger partial charge in [-0.3, -0.25) is 4.79 Å². The highest BCUT2D eigenvalue weighted by molar-refractivity contribution is 7.99. The van der Waals surface area contributed by atoms with Crippen LogP contribution in [0.25, 0.3) is 0 Å². The van der Waals surface area contributed by atoms with E-state index in [-0.39, 0.29) is 12.5 Å². The highest BCUT2D eigenvalue weighted by Gasteiger charge is 2.22. The Labute approximate surface area is 127 Å². The van der Waals surface area contributed by atoms with Crippen molar-refractivity contribution in [2.24, 2.45) is 0 Å². The van der Waals surface area contributed by atoms with Gasteiger partial charge in [0.25, 0.3) is 0 Å². The number of benzene rings is 2. The van der Waals surface area contributed by atoms with Crippen molar-refractivity contribution in [2.75, 3.05) is 5.75 Å². The van der Waals surface area contributed by atoms with Crippen LogP contribution in [0.15, 0.2) is 53.4 Å². The van der Waals surface area contributed by atoms with Crippen molar-refractivity contribution in [3.05, 3.63) is 59.7 Å². The summed E-state index contributed by atoms with van der Waals surface area (Å²) in [5.74, 6) is 1.10. The summed E-state index contributed by atoms with van der Waals surface area (Å²) >= 11 is 1.74. The summed E-state index contributed by atoms with van der Waals surface area (Å²) in [6.45, 7) is 0. The molecule has 108 valence electrons. The van der Waals surface area contributed by atoms with Crippen LogP contribution in [0.1, 0.15) is 11.1 Å². The van der Waals surface area contributed by atoms with Crippen LogP contribution in [0.2, 0.25) is 0 Å². The fourth-order valence-corrected chi connectivity index (χ4v) is 3.31. The molecular weight excluding hydrogens is 284 g/mol. The summed E-state index contributed by atoms with van der Waals surface area (Å²) in [4.78, 5) is 11.8. The standard InChI is InChI=1S/C17H16O3S/c18-17(19)9-12-5-7-15(8-6-12)21-11-14-10-13-3-1-2-4-16(13)20-14/h1-8,14H,9-11H2,(H,18,19). The third-order valence-electron chi connectivity index (χ3n) is 3.43. The van der Waals surface area contributed by atoms with Crippen LogP contribution in [0.3, 0.4) is 0 Å². The molecule has 1 aliphatic rings. The predicted octanol–water partition coefficient (Wildman–Crippen LogP) is 3.41. The Hall–Kier alpha value is -1.94. The minimum Gasteiger partial charge on any atom is -0.489 e. The largest absolute Gasteiger partial charge is 0.489 e. The van der Waals surface area contributed by atoms with Gasteiger partial charge in [-0.05, 0) is 29.3 Å². The second-order valence-electron chi connectivity index (χ2n) is 5.08. The minimum atomic E-state index is -0.799. The molecule has 21 heavy (non-hydrogen) atoms. The van der Waals surface area contributed by atoms with E-state index >= 15 is 0 Å². The summed E-state index contributed by atoms with van der Waals surface area (Å²) in [7, 11) is 0. The van der Waals surface area contributed by atoms with Crippen LogP contribution in [0.4, 0.5) is 0 Å². The van der Waals surface area contributed by atoms with Crippen molar-refractivity contribution < 1.29 is 14.6 Å². The molecule has 0 saturated carbocycles. The van der Waals surface area contributed by atoms with Crippen molar-refractivity contribution >= 4 is 17.7 Å². The van der Waals surface area contributed by atoms with Gasteiger partial charge in [-0.15, -0.1) is 11.8 Å². The molecule has 0 amide bonds. The molecule has 0 aromatic heterocycles. The summed E-state index contributed by atoms with van der Waals surface area (Å²) < 4.78 is 5.91. The lowest BCUT2D eigenvalue weighted by molar-refractivity contribution is -0.136. The lowest BCUT2D eigenvalue weighted by Crippen LogP contribution is -2.15. The van der Waals surface area contributed by atoms with Gasteiger partial charge in [0.15, 0.2) is 0 Å². The zero-order valence-electron chi connectivity index (χ0n) is 11.5. The Morgan fingerprint density at radius 2 is 1.95 bits per heavy atom. The fraction of sp³-hybridized carbons (Fsp3) is 0.235. The number of rotatable bonds is 5. The molecular formula is C17H16O3S. The van der Waals surface area contributed by atoms with Crippen LogP contribution in [0.5, 0.6) is 5.75 Å². The summed E-state index contributed by atoms with van der Waals surface area (Å²) in [6.07, 6.45) is 1.25. The number of aliphatic carboxylic acids is 1. The summed E-state index contributed by atoms with van der Waals surface area (Å²) in [5.41, 5.74) is 2.11. The van der Waals surface area contributed by atoms with Crippen molar-refractivity contribution in [1.82, 2.24) is 0 Å². The number of hydrogen-bond acceptors (Lipinski definition) is 3. The van der Waals surface area contributed by atoms with E-state index in [9.17, 15) is 4.79 Å². The smallest absolute Gasteiger partial charge is 0.307 e. The number of thioether (sulfide) groups is 1. The number of hydrogen-bond donors (Lipinski definition) is 1. The SMILES string of the molecule is O=C(O)Cc1ccc(SCC2Cc3ccccc3O2)cc1. The van der Waals surface area contributed by atoms with Gasteiger partial charge in [-0.1, -0.05) is 30.3 Å². The molecule has 1 aliphatic heterocycles. The zero-order valence-corrected chi connectivity index (χ0v) is 12.3. The maximum Gasteiger partial charge on any atom is 0.307 e. The summed E-state index contributed by atoms with van der Waals surface area (Å²) in [6, 6.07) is 15.9. The predicted molar refractivity (Wildman–Crippen MR) is 83.1 cm³/mol. The van der Waals surface area contributed by atoms with E-state index in [0.29, 0.717) is 0 Å². The van der Waals surface area contributed by atoms with Gasteiger partial charge in [0.2, 0.25) is 0 Å². The number of carboxylic acids is 1. The van der Waals surface area contributed by atoms with Gasteiger partial charge in [0, 0.05) is 17.1 Å². The van der Waals surface area contributed by atoms with Crippen molar-refractivity contribution in [1.29, 1.82) is 0 Å². The molecule has 2 aromatic carbocycles. The molecule has 0 spiro atoms. The number of carbonyl (C=O) groups is 1. The second-order valence-corrected chi connectivity index (χ2v) is 6.17. The normalized spacial score (nSPS) is 16.3. The van der Waals surface area contributed by atoms with Crippen molar-refractivity contribution in [3.8, 4) is 5.75 Å². The number of ether oxygens (including phenoxy) is 1. The van der Waals surface area contributed by atoms with Gasteiger partial charge >= 0.3 is 5.97 Å². The van der Waals surface area contributed by atoms with Crippen LogP contribution in [-0.2, 0) is 17.6 Å². The van der Waals surface area contributed by atoms with Crippen LogP contribution < -0.4 is 4.74 Å². The van der Waals surface area contributed by atoms with E-state index in [2.05, 4.69) is 6.07 Å². The molecule has 2 aromatic rings. The Kier molecular flexibility index (Phi) is 4.15. The molecule has 3 nitrogen and oxygen atoms in total. The van der Waals surface area contributed by atoms with Crippen LogP contribution in [-0.4, -0.2) is 22.9 Å². The topological polar surface area (TPSA) is 46.5 Å². The average Bonchev–Trinajstić information content (AvgIpc) is 2.89. The first-order valence-electron chi connectivity index (χ1n) is 6.89. The Morgan fingerprint density at radius 3 is 2.67 bits per heavy atom. The zero-order chi connectivity index (χ0) is 14.7. The molecule has 0 aliphatic carbocycles. The van der Waals surface area contributed by atoms with E-state index in [0.717, 1.165) is 28.4 Å². The highest BCUT2D eigenvalue weighted by Crippen LogP contribution is 2.31. The molecule has 0 saturated heterocycles. The fourth-order valence-electron chi connectivity index (χ4n) is 2.41. The average molecular weight is 300 g/mol. The van der Waals surface area contributed by atoms with Crippen molar-refractivity contribution in [2.45, 2.75) is 23.8 Å². The number of para-hydroxylation sites is 1. The summed E-state index contributed by atoms with van der Waals surface area (Å²) in [5, 5.41) is 8.75. The molecule has 3 rings (SSSR count). The third kappa shape index (κ3) is 3.58. The van der Waals surface area contributed by atoms with Gasteiger partial charge in [0.1, 0.15) is 11.9 Å². The first kappa shape index (κ1) is 14.0. The maximum absolute atomic E-state index is 10.6. The van der Waals surface area contributed by atoms with E-state index < -0.39 is 5.97 Å². The van der Waals surface area contributed by atoms with E-state index in [1.54, 1.807) is 11.8 Å². The lowest BCUT2D eigenvalue weighted by Gasteiger charge is -2.10. The highest BCUT2D eigenvalue weighted by atomic mass is 32.2. The lowest BCUT2D eigenvalue weighted by atomic mass is 10.1. The monoisotopic (exact) mass is 300 g/mol. The van der Waals surface area contributed by atoms with Gasteiger partial charge in [-0.25, -0.2) is 0 Å². The Bertz CT molecular complexity index is 612. The Morgan fingerprint density at radius 1 is 1.19 bits per heavy atom. The van der Waals surface area contributed by atoms with Crippen LogP contribution >= 0.6 is 11.8 Å². The molecule has 0 bridgehead atoms. The van der Waals surface area contributed by atoms with E-state index in [1.807, 2.05) is 42.5 Å². The molecule has 0 fully saturated rings. The van der Waals surface area contributed by atoms with Gasteiger partial charge in [-0.2, -0.15) is 0 Å². The van der Waals surface area contributed by atoms with E-state index in [4.69, 9.17) is 9.84 Å². The van der Waals surface area contributed by atoms with Crippen molar-refractivity contribution in [3.63, 3.8) is 0 Å². The number of fused-ring (bicyclic) bond motifs is 1. The number of carboxylic acid groups (broad SMARTS) is 1. The minimum absolute atomic E-state index is 0.0754. The molecule has 1 unspecified atom stereocenters. The first-order chi connectivity index (χ1) is 10.2.